The summed E-state index contributed by atoms with van der Waals surface area (Å²) >= 11 is 3.45. The van der Waals surface area contributed by atoms with Crippen LogP contribution in [0.15, 0.2) is 59.3 Å². The van der Waals surface area contributed by atoms with Crippen LogP contribution in [0, 0.1) is 6.92 Å². The lowest BCUT2D eigenvalue weighted by atomic mass is 9.79. The Morgan fingerprint density at radius 1 is 1.12 bits per heavy atom. The highest BCUT2D eigenvalue weighted by Crippen LogP contribution is 2.45. The fourth-order valence-corrected chi connectivity index (χ4v) is 4.75. The van der Waals surface area contributed by atoms with Gasteiger partial charge in [0.1, 0.15) is 0 Å². The van der Waals surface area contributed by atoms with Crippen LogP contribution in [0.3, 0.4) is 0 Å². The molecule has 0 radical (unpaired) electrons. The third-order valence-corrected chi connectivity index (χ3v) is 6.42. The summed E-state index contributed by atoms with van der Waals surface area (Å²) in [4.78, 5) is 33.0. The van der Waals surface area contributed by atoms with E-state index in [4.69, 9.17) is 9.47 Å². The van der Waals surface area contributed by atoms with Crippen molar-refractivity contribution in [1.82, 2.24) is 9.88 Å². The highest BCUT2D eigenvalue weighted by atomic mass is 79.9. The molecule has 2 aromatic carbocycles. The van der Waals surface area contributed by atoms with Crippen LogP contribution in [-0.2, 0) is 4.79 Å². The molecule has 2 amide bonds. The first-order valence-electron chi connectivity index (χ1n) is 10.4. The van der Waals surface area contributed by atoms with Gasteiger partial charge in [-0.05, 0) is 60.0 Å². The van der Waals surface area contributed by atoms with Crippen molar-refractivity contribution in [1.29, 1.82) is 0 Å². The highest BCUT2D eigenvalue weighted by Gasteiger charge is 2.43. The molecule has 0 saturated carbocycles. The summed E-state index contributed by atoms with van der Waals surface area (Å²) in [6.07, 6.45) is 3.35. The third kappa shape index (κ3) is 4.18. The van der Waals surface area contributed by atoms with Gasteiger partial charge in [-0.25, -0.2) is 0 Å². The van der Waals surface area contributed by atoms with Gasteiger partial charge in [0.15, 0.2) is 11.5 Å². The van der Waals surface area contributed by atoms with Gasteiger partial charge in [0.2, 0.25) is 5.91 Å². The maximum absolute atomic E-state index is 13.8. The molecule has 33 heavy (non-hydrogen) atoms. The fourth-order valence-electron chi connectivity index (χ4n) is 4.28. The number of amides is 2. The second kappa shape index (κ2) is 9.23. The van der Waals surface area contributed by atoms with E-state index in [1.807, 2.05) is 31.2 Å². The number of aryl methyl sites for hydroxylation is 1. The first-order chi connectivity index (χ1) is 15.8. The molecule has 170 valence electrons. The van der Waals surface area contributed by atoms with Gasteiger partial charge in [-0.15, -0.1) is 0 Å². The van der Waals surface area contributed by atoms with Crippen LogP contribution in [0.25, 0.3) is 0 Å². The van der Waals surface area contributed by atoms with Gasteiger partial charge in [0.25, 0.3) is 5.91 Å². The van der Waals surface area contributed by atoms with E-state index in [1.165, 1.54) is 14.2 Å². The largest absolute Gasteiger partial charge is 0.493 e. The first-order valence-corrected chi connectivity index (χ1v) is 11.1. The number of halogens is 1. The molecule has 1 aliphatic rings. The molecule has 1 aromatic heterocycles. The molecule has 1 aliphatic heterocycles. The molecule has 0 fully saturated rings. The average molecular weight is 510 g/mol. The lowest BCUT2D eigenvalue weighted by Gasteiger charge is -2.40. The molecular weight excluding hydrogens is 486 g/mol. The van der Waals surface area contributed by atoms with E-state index in [1.54, 1.807) is 42.5 Å². The van der Waals surface area contributed by atoms with E-state index in [0.717, 1.165) is 15.6 Å². The minimum atomic E-state index is -0.699. The number of rotatable bonds is 5. The van der Waals surface area contributed by atoms with E-state index in [2.05, 4.69) is 26.2 Å². The number of fused-ring (bicyclic) bond motifs is 1. The number of nitrogens with zero attached hydrogens (tertiary/aromatic N) is 2. The molecule has 0 unspecified atom stereocenters. The summed E-state index contributed by atoms with van der Waals surface area (Å²) in [6, 6.07) is 12.1. The number of methoxy groups -OCH3 is 2. The molecule has 1 N–H and O–H groups in total. The minimum absolute atomic E-state index is 0.205. The van der Waals surface area contributed by atoms with Crippen molar-refractivity contribution in [2.24, 2.45) is 0 Å². The molecule has 0 saturated heterocycles. The second-order valence-electron chi connectivity index (χ2n) is 7.87. The quantitative estimate of drug-likeness (QED) is 0.538. The van der Waals surface area contributed by atoms with Gasteiger partial charge in [-0.3, -0.25) is 14.6 Å². The highest BCUT2D eigenvalue weighted by molar-refractivity contribution is 9.10. The van der Waals surface area contributed by atoms with E-state index in [9.17, 15) is 9.59 Å². The molecule has 0 spiro atoms. The molecule has 7 nitrogen and oxygen atoms in total. The van der Waals surface area contributed by atoms with E-state index >= 15 is 0 Å². The molecule has 4 rings (SSSR count). The lowest BCUT2D eigenvalue weighted by molar-refractivity contribution is -0.119. The van der Waals surface area contributed by atoms with Crippen LogP contribution >= 0.6 is 15.9 Å². The zero-order chi connectivity index (χ0) is 23.7. The number of carbonyl (C=O) groups is 2. The van der Waals surface area contributed by atoms with Crippen molar-refractivity contribution in [3.05, 3.63) is 81.6 Å². The number of carbonyl (C=O) groups excluding carboxylic acids is 2. The Hall–Kier alpha value is -3.39. The van der Waals surface area contributed by atoms with Crippen molar-refractivity contribution in [2.75, 3.05) is 26.6 Å². The number of aromatic nitrogens is 1. The van der Waals surface area contributed by atoms with E-state index < -0.39 is 12.0 Å². The van der Waals surface area contributed by atoms with Crippen LogP contribution in [0.4, 0.5) is 5.69 Å². The van der Waals surface area contributed by atoms with E-state index in [-0.39, 0.29) is 11.8 Å². The Balaban J connectivity index is 1.88. The number of nitrogens with one attached hydrogen (secondary N) is 1. The van der Waals surface area contributed by atoms with Gasteiger partial charge in [-0.2, -0.15) is 0 Å². The SMILES string of the molecule is COc1cc2c(cc1OC)[C@@H](C(=O)Nc1ccc(Br)cc1C)[C@@H](c1cccnc1)N(C)C2=O. The van der Waals surface area contributed by atoms with Gasteiger partial charge in [-0.1, -0.05) is 22.0 Å². The van der Waals surface area contributed by atoms with Crippen molar-refractivity contribution in [2.45, 2.75) is 18.9 Å². The Bertz CT molecular complexity index is 1220. The van der Waals surface area contributed by atoms with Gasteiger partial charge in [0, 0.05) is 35.2 Å². The molecular formula is C25H24BrN3O4. The Kier molecular flexibility index (Phi) is 6.37. The summed E-state index contributed by atoms with van der Waals surface area (Å²) in [5.41, 5.74) is 3.37. The fraction of sp³-hybridized carbons (Fsp3) is 0.240. The van der Waals surface area contributed by atoms with Crippen LogP contribution in [-0.4, -0.2) is 43.0 Å². The van der Waals surface area contributed by atoms with Crippen LogP contribution in [0.2, 0.25) is 0 Å². The predicted octanol–water partition coefficient (Wildman–Crippen LogP) is 4.72. The number of hydrogen-bond acceptors (Lipinski definition) is 5. The smallest absolute Gasteiger partial charge is 0.254 e. The molecule has 2 heterocycles. The Morgan fingerprint density at radius 2 is 1.85 bits per heavy atom. The van der Waals surface area contributed by atoms with Gasteiger partial charge >= 0.3 is 0 Å². The number of ether oxygens (including phenoxy) is 2. The molecule has 0 bridgehead atoms. The zero-order valence-corrected chi connectivity index (χ0v) is 20.3. The predicted molar refractivity (Wildman–Crippen MR) is 129 cm³/mol. The zero-order valence-electron chi connectivity index (χ0n) is 18.8. The standard InChI is InChI=1S/C25H24BrN3O4/c1-14-10-16(26)7-8-19(14)28-24(30)22-17-11-20(32-3)21(33-4)12-18(17)25(31)29(2)23(22)15-6-5-9-27-13-15/h5-13,22-23H,1-4H3,(H,28,30)/t22-,23-/m1/s1. The first kappa shape index (κ1) is 22.8. The number of likely N-dealkylation sites (N-methyl/N-ethyl adjacent to an activating group) is 1. The second-order valence-corrected chi connectivity index (χ2v) is 8.78. The van der Waals surface area contributed by atoms with Crippen molar-refractivity contribution < 1.29 is 19.1 Å². The summed E-state index contributed by atoms with van der Waals surface area (Å²) in [5, 5.41) is 3.06. The lowest BCUT2D eigenvalue weighted by Crippen LogP contribution is -2.44. The molecule has 3 aromatic rings. The van der Waals surface area contributed by atoms with Crippen LogP contribution in [0.1, 0.15) is 39.0 Å². The van der Waals surface area contributed by atoms with Crippen LogP contribution < -0.4 is 14.8 Å². The minimum Gasteiger partial charge on any atom is -0.493 e. The average Bonchev–Trinajstić information content (AvgIpc) is 2.82. The number of pyridine rings is 1. The van der Waals surface area contributed by atoms with Crippen LogP contribution in [0.5, 0.6) is 11.5 Å². The van der Waals surface area contributed by atoms with Gasteiger partial charge in [0.05, 0.1) is 26.2 Å². The number of hydrogen-bond donors (Lipinski definition) is 1. The van der Waals surface area contributed by atoms with Crippen molar-refractivity contribution >= 4 is 33.4 Å². The van der Waals surface area contributed by atoms with Crippen molar-refractivity contribution in [3.8, 4) is 11.5 Å². The maximum Gasteiger partial charge on any atom is 0.254 e. The van der Waals surface area contributed by atoms with E-state index in [0.29, 0.717) is 28.3 Å². The molecule has 0 aliphatic carbocycles. The normalized spacial score (nSPS) is 17.4. The third-order valence-electron chi connectivity index (χ3n) is 5.93. The number of anilines is 1. The summed E-state index contributed by atoms with van der Waals surface area (Å²) in [7, 11) is 4.74. The Morgan fingerprint density at radius 3 is 2.48 bits per heavy atom. The monoisotopic (exact) mass is 509 g/mol. The summed E-state index contributed by atoms with van der Waals surface area (Å²) < 4.78 is 11.8. The topological polar surface area (TPSA) is 80.8 Å². The molecule has 2 atom stereocenters. The maximum atomic E-state index is 13.8. The summed E-state index contributed by atoms with van der Waals surface area (Å²) in [6.45, 7) is 1.93. The van der Waals surface area contributed by atoms with Crippen molar-refractivity contribution in [3.63, 3.8) is 0 Å². The summed E-state index contributed by atoms with van der Waals surface area (Å²) in [5.74, 6) is -0.252. The van der Waals surface area contributed by atoms with Gasteiger partial charge < -0.3 is 19.7 Å². The Labute approximate surface area is 200 Å². The number of benzene rings is 2. The molecule has 8 heteroatoms.